The molecular formula is C9H3Br4N. The van der Waals surface area contributed by atoms with Crippen molar-refractivity contribution in [3.63, 3.8) is 0 Å². The molecule has 0 N–H and O–H groups in total. The van der Waals surface area contributed by atoms with Gasteiger partial charge in [0.25, 0.3) is 0 Å². The smallest absolute Gasteiger partial charge is 0.0867 e. The quantitative estimate of drug-likeness (QED) is 0.538. The summed E-state index contributed by atoms with van der Waals surface area (Å²) in [6.07, 6.45) is 1.78. The lowest BCUT2D eigenvalue weighted by molar-refractivity contribution is 1.36. The Labute approximate surface area is 115 Å². The van der Waals surface area contributed by atoms with Gasteiger partial charge in [0.05, 0.1) is 9.99 Å². The molecule has 0 aliphatic heterocycles. The second-order valence-electron chi connectivity index (χ2n) is 2.67. The van der Waals surface area contributed by atoms with E-state index in [9.17, 15) is 0 Å². The summed E-state index contributed by atoms with van der Waals surface area (Å²) < 4.78 is 3.97. The molecule has 2 aromatic rings. The van der Waals surface area contributed by atoms with Gasteiger partial charge in [-0.1, -0.05) is 15.9 Å². The number of hydrogen-bond acceptors (Lipinski definition) is 1. The highest BCUT2D eigenvalue weighted by molar-refractivity contribution is 9.13. The van der Waals surface area contributed by atoms with Crippen LogP contribution in [0.5, 0.6) is 0 Å². The number of nitrogens with zero attached hydrogens (tertiary/aromatic N) is 1. The molecule has 0 aliphatic carbocycles. The summed E-state index contributed by atoms with van der Waals surface area (Å²) in [6.45, 7) is 0. The summed E-state index contributed by atoms with van der Waals surface area (Å²) in [6, 6.07) is 3.96. The van der Waals surface area contributed by atoms with Gasteiger partial charge in [-0.25, -0.2) is 0 Å². The van der Waals surface area contributed by atoms with E-state index in [1.54, 1.807) is 6.20 Å². The van der Waals surface area contributed by atoms with Crippen LogP contribution in [-0.2, 0) is 0 Å². The predicted molar refractivity (Wildman–Crippen MR) is 72.5 cm³/mol. The van der Waals surface area contributed by atoms with Gasteiger partial charge in [-0.15, -0.1) is 0 Å². The van der Waals surface area contributed by atoms with Gasteiger partial charge < -0.3 is 0 Å². The van der Waals surface area contributed by atoms with E-state index in [2.05, 4.69) is 68.7 Å². The standard InChI is InChI=1S/C9H3Br4N/c10-4-1-2-5(11)9-7(4)8(13)6(12)3-14-9/h1-3H. The van der Waals surface area contributed by atoms with Crippen molar-refractivity contribution < 1.29 is 0 Å². The number of pyridine rings is 1. The molecule has 0 radical (unpaired) electrons. The van der Waals surface area contributed by atoms with Crippen molar-refractivity contribution in [2.75, 3.05) is 0 Å². The van der Waals surface area contributed by atoms with E-state index in [0.29, 0.717) is 0 Å². The van der Waals surface area contributed by atoms with Crippen LogP contribution in [0.15, 0.2) is 36.2 Å². The Morgan fingerprint density at radius 3 is 2.21 bits per heavy atom. The first-order valence-electron chi connectivity index (χ1n) is 3.69. The fraction of sp³-hybridized carbons (Fsp3) is 0. The first-order valence-corrected chi connectivity index (χ1v) is 6.86. The lowest BCUT2D eigenvalue weighted by atomic mass is 10.2. The van der Waals surface area contributed by atoms with Crippen molar-refractivity contribution in [3.05, 3.63) is 36.2 Å². The van der Waals surface area contributed by atoms with Crippen molar-refractivity contribution in [3.8, 4) is 0 Å². The summed E-state index contributed by atoms with van der Waals surface area (Å²) in [5.41, 5.74) is 0.939. The van der Waals surface area contributed by atoms with Crippen LogP contribution < -0.4 is 0 Å². The van der Waals surface area contributed by atoms with Gasteiger partial charge in [-0.05, 0) is 59.9 Å². The maximum absolute atomic E-state index is 4.35. The summed E-state index contributed by atoms with van der Waals surface area (Å²) in [7, 11) is 0. The maximum atomic E-state index is 4.35. The Bertz CT molecular complexity index is 510. The third-order valence-corrected chi connectivity index (χ3v) is 5.07. The molecule has 1 aromatic carbocycles. The van der Waals surface area contributed by atoms with E-state index in [1.165, 1.54) is 0 Å². The largest absolute Gasteiger partial charge is 0.254 e. The number of hydrogen-bond donors (Lipinski definition) is 0. The summed E-state index contributed by atoms with van der Waals surface area (Å²) in [4.78, 5) is 4.35. The molecule has 2 rings (SSSR count). The molecule has 0 saturated heterocycles. The van der Waals surface area contributed by atoms with Crippen LogP contribution in [0.25, 0.3) is 10.9 Å². The highest BCUT2D eigenvalue weighted by Gasteiger charge is 2.09. The van der Waals surface area contributed by atoms with Crippen molar-refractivity contribution in [2.45, 2.75) is 0 Å². The Balaban J connectivity index is 3.01. The van der Waals surface area contributed by atoms with Gasteiger partial charge in [0.15, 0.2) is 0 Å². The van der Waals surface area contributed by atoms with E-state index in [0.717, 1.165) is 28.8 Å². The lowest BCUT2D eigenvalue weighted by Gasteiger charge is -2.05. The fourth-order valence-electron chi connectivity index (χ4n) is 1.17. The number of halogens is 4. The zero-order chi connectivity index (χ0) is 10.3. The molecule has 14 heavy (non-hydrogen) atoms. The minimum atomic E-state index is 0.939. The summed E-state index contributed by atoms with van der Waals surface area (Å²) >= 11 is 13.9. The molecule has 0 spiro atoms. The second kappa shape index (κ2) is 4.20. The average molecular weight is 445 g/mol. The molecule has 1 nitrogen and oxygen atoms in total. The molecule has 0 bridgehead atoms. The molecule has 1 heterocycles. The van der Waals surface area contributed by atoms with Crippen molar-refractivity contribution >= 4 is 74.6 Å². The van der Waals surface area contributed by atoms with Crippen LogP contribution in [0.3, 0.4) is 0 Å². The van der Waals surface area contributed by atoms with Gasteiger partial charge in [0.1, 0.15) is 0 Å². The Morgan fingerprint density at radius 2 is 1.50 bits per heavy atom. The van der Waals surface area contributed by atoms with Gasteiger partial charge >= 0.3 is 0 Å². The second-order valence-corrected chi connectivity index (χ2v) is 6.03. The monoisotopic (exact) mass is 441 g/mol. The molecular weight excluding hydrogens is 442 g/mol. The SMILES string of the molecule is Brc1cnc2c(Br)ccc(Br)c2c1Br. The predicted octanol–water partition coefficient (Wildman–Crippen LogP) is 5.28. The number of benzene rings is 1. The normalized spacial score (nSPS) is 10.9. The van der Waals surface area contributed by atoms with Crippen LogP contribution in [0, 0.1) is 0 Å². The highest BCUT2D eigenvalue weighted by atomic mass is 79.9. The molecule has 0 fully saturated rings. The van der Waals surface area contributed by atoms with Crippen LogP contribution in [-0.4, -0.2) is 4.98 Å². The number of fused-ring (bicyclic) bond motifs is 1. The van der Waals surface area contributed by atoms with Crippen molar-refractivity contribution in [1.29, 1.82) is 0 Å². The van der Waals surface area contributed by atoms with E-state index in [4.69, 9.17) is 0 Å². The third-order valence-electron chi connectivity index (χ3n) is 1.81. The Kier molecular flexibility index (Phi) is 3.31. The maximum Gasteiger partial charge on any atom is 0.0867 e. The van der Waals surface area contributed by atoms with Gasteiger partial charge in [-0.2, -0.15) is 0 Å². The minimum Gasteiger partial charge on any atom is -0.254 e. The molecule has 0 amide bonds. The molecule has 0 atom stereocenters. The molecule has 0 saturated carbocycles. The van der Waals surface area contributed by atoms with Crippen molar-refractivity contribution in [2.24, 2.45) is 0 Å². The van der Waals surface area contributed by atoms with Crippen LogP contribution in [0.1, 0.15) is 0 Å². The Morgan fingerprint density at radius 1 is 0.857 bits per heavy atom. The molecule has 72 valence electrons. The van der Waals surface area contributed by atoms with Gasteiger partial charge in [0, 0.05) is 25.0 Å². The first kappa shape index (κ1) is 11.0. The van der Waals surface area contributed by atoms with Gasteiger partial charge in [-0.3, -0.25) is 4.98 Å². The van der Waals surface area contributed by atoms with E-state index < -0.39 is 0 Å². The molecule has 1 aromatic heterocycles. The fourth-order valence-corrected chi connectivity index (χ4v) is 3.19. The van der Waals surface area contributed by atoms with Crippen LogP contribution >= 0.6 is 63.7 Å². The zero-order valence-electron chi connectivity index (χ0n) is 6.69. The van der Waals surface area contributed by atoms with Crippen LogP contribution in [0.2, 0.25) is 0 Å². The third kappa shape index (κ3) is 1.79. The first-order chi connectivity index (χ1) is 6.61. The summed E-state index contributed by atoms with van der Waals surface area (Å²) in [5, 5.41) is 1.06. The number of rotatable bonds is 0. The topological polar surface area (TPSA) is 12.9 Å². The molecule has 0 aliphatic rings. The number of aromatic nitrogens is 1. The van der Waals surface area contributed by atoms with Crippen molar-refractivity contribution in [1.82, 2.24) is 4.98 Å². The lowest BCUT2D eigenvalue weighted by Crippen LogP contribution is -1.84. The highest BCUT2D eigenvalue weighted by Crippen LogP contribution is 2.37. The zero-order valence-corrected chi connectivity index (χ0v) is 13.0. The average Bonchev–Trinajstić information content (AvgIpc) is 2.16. The van der Waals surface area contributed by atoms with Gasteiger partial charge in [0.2, 0.25) is 0 Å². The minimum absolute atomic E-state index is 0.939. The van der Waals surface area contributed by atoms with E-state index in [-0.39, 0.29) is 0 Å². The summed E-state index contributed by atoms with van der Waals surface area (Å²) in [5.74, 6) is 0. The van der Waals surface area contributed by atoms with E-state index >= 15 is 0 Å². The molecule has 0 unspecified atom stereocenters. The molecule has 5 heteroatoms. The van der Waals surface area contributed by atoms with E-state index in [1.807, 2.05) is 12.1 Å². The Hall–Kier alpha value is 0.550. The van der Waals surface area contributed by atoms with Crippen LogP contribution in [0.4, 0.5) is 0 Å².